The summed E-state index contributed by atoms with van der Waals surface area (Å²) in [5, 5.41) is 29.5. The van der Waals surface area contributed by atoms with Gasteiger partial charge < -0.3 is 15.3 Å². The number of hydrogen-bond acceptors (Lipinski definition) is 3. The molecule has 3 N–H and O–H groups in total. The number of hydrogen-bond donors (Lipinski definition) is 3. The van der Waals surface area contributed by atoms with Gasteiger partial charge in [-0.2, -0.15) is 0 Å². The van der Waals surface area contributed by atoms with Crippen molar-refractivity contribution < 1.29 is 15.3 Å². The van der Waals surface area contributed by atoms with Crippen molar-refractivity contribution in [3.8, 4) is 0 Å². The lowest BCUT2D eigenvalue weighted by atomic mass is 9.47. The number of aliphatic hydroxyl groups is 3. The molecule has 0 aliphatic heterocycles. The monoisotopic (exact) mass is 308 g/mol. The van der Waals surface area contributed by atoms with Crippen LogP contribution in [0.5, 0.6) is 0 Å². The average molecular weight is 308 g/mol. The number of aliphatic hydroxyl groups excluding tert-OH is 3. The fourth-order valence-corrected chi connectivity index (χ4v) is 5.93. The fraction of sp³-hybridized carbons (Fsp3) is 0.895. The Morgan fingerprint density at radius 3 is 2.64 bits per heavy atom. The molecule has 3 aliphatic carbocycles. The summed E-state index contributed by atoms with van der Waals surface area (Å²) in [6.07, 6.45) is 9.17. The Morgan fingerprint density at radius 1 is 1.18 bits per heavy atom. The van der Waals surface area contributed by atoms with Gasteiger partial charge in [-0.05, 0) is 73.5 Å². The first-order valence-electron chi connectivity index (χ1n) is 9.04. The van der Waals surface area contributed by atoms with Crippen LogP contribution in [0.3, 0.4) is 0 Å². The molecule has 3 aliphatic rings. The van der Waals surface area contributed by atoms with Gasteiger partial charge in [-0.15, -0.1) is 0 Å². The molecule has 0 unspecified atom stereocenters. The first-order chi connectivity index (χ1) is 10.4. The molecule has 22 heavy (non-hydrogen) atoms. The molecule has 0 radical (unpaired) electrons. The highest BCUT2D eigenvalue weighted by Crippen LogP contribution is 2.61. The zero-order valence-corrected chi connectivity index (χ0v) is 14.1. The van der Waals surface area contributed by atoms with Crippen LogP contribution in [0, 0.1) is 28.6 Å². The molecule has 2 saturated carbocycles. The number of allylic oxidation sites excluding steroid dienone is 1. The third-order valence-corrected chi connectivity index (χ3v) is 7.40. The molecule has 0 aromatic rings. The van der Waals surface area contributed by atoms with Crippen molar-refractivity contribution in [3.63, 3.8) is 0 Å². The number of rotatable bonds is 3. The maximum Gasteiger partial charge on any atom is 0.0577 e. The molecule has 126 valence electrons. The van der Waals surface area contributed by atoms with Gasteiger partial charge in [0.2, 0.25) is 0 Å². The van der Waals surface area contributed by atoms with Gasteiger partial charge in [0.1, 0.15) is 0 Å². The van der Waals surface area contributed by atoms with Crippen LogP contribution in [0.15, 0.2) is 11.6 Å². The van der Waals surface area contributed by atoms with E-state index in [0.717, 1.165) is 38.5 Å². The van der Waals surface area contributed by atoms with Crippen LogP contribution in [0.25, 0.3) is 0 Å². The summed E-state index contributed by atoms with van der Waals surface area (Å²) in [6, 6.07) is 0. The largest absolute Gasteiger partial charge is 0.396 e. The molecule has 0 bridgehead atoms. The third kappa shape index (κ3) is 2.46. The van der Waals surface area contributed by atoms with Gasteiger partial charge in [0.05, 0.1) is 6.10 Å². The molecule has 3 heteroatoms. The van der Waals surface area contributed by atoms with Crippen molar-refractivity contribution in [3.05, 3.63) is 11.6 Å². The Bertz CT molecular complexity index is 446. The SMILES string of the molecule is C[C@]1(CO)CC[C@H]2[C@@H](CC=C3C[C@@H](O)CC[C@@]32C)[C@@H]1CCO. The second-order valence-electron chi connectivity index (χ2n) is 8.52. The number of fused-ring (bicyclic) bond motifs is 3. The molecule has 3 rings (SSSR count). The van der Waals surface area contributed by atoms with Gasteiger partial charge in [-0.1, -0.05) is 25.5 Å². The highest BCUT2D eigenvalue weighted by molar-refractivity contribution is 5.24. The predicted molar refractivity (Wildman–Crippen MR) is 87.3 cm³/mol. The van der Waals surface area contributed by atoms with E-state index in [2.05, 4.69) is 19.9 Å². The molecule has 2 fully saturated rings. The lowest BCUT2D eigenvalue weighted by Gasteiger charge is -2.58. The molecule has 0 heterocycles. The van der Waals surface area contributed by atoms with Crippen molar-refractivity contribution in [2.75, 3.05) is 13.2 Å². The summed E-state index contributed by atoms with van der Waals surface area (Å²) in [5.74, 6) is 1.63. The van der Waals surface area contributed by atoms with Gasteiger partial charge in [0.15, 0.2) is 0 Å². The van der Waals surface area contributed by atoms with Crippen molar-refractivity contribution in [1.82, 2.24) is 0 Å². The van der Waals surface area contributed by atoms with E-state index >= 15 is 0 Å². The molecule has 0 aromatic heterocycles. The summed E-state index contributed by atoms with van der Waals surface area (Å²) in [6.45, 7) is 5.05. The smallest absolute Gasteiger partial charge is 0.0577 e. The Hall–Kier alpha value is -0.380. The zero-order valence-electron chi connectivity index (χ0n) is 14.1. The molecular weight excluding hydrogens is 276 g/mol. The van der Waals surface area contributed by atoms with Crippen molar-refractivity contribution in [2.24, 2.45) is 28.6 Å². The van der Waals surface area contributed by atoms with Gasteiger partial charge in [-0.3, -0.25) is 0 Å². The van der Waals surface area contributed by atoms with Crippen LogP contribution < -0.4 is 0 Å². The Balaban J connectivity index is 1.92. The highest BCUT2D eigenvalue weighted by atomic mass is 16.3. The van der Waals surface area contributed by atoms with Crippen LogP contribution in [-0.2, 0) is 0 Å². The third-order valence-electron chi connectivity index (χ3n) is 7.40. The summed E-state index contributed by atoms with van der Waals surface area (Å²) < 4.78 is 0. The standard InChI is InChI=1S/C19H32O3/c1-18(12-21)8-6-17-15(16(18)7-10-20)4-3-13-11-14(22)5-9-19(13,17)2/h3,14-17,20-22H,4-12H2,1-2H3/t14-,15-,16-,17-,18+,19-/m0/s1. The zero-order chi connectivity index (χ0) is 16.0. The molecule has 3 nitrogen and oxygen atoms in total. The summed E-state index contributed by atoms with van der Waals surface area (Å²) in [7, 11) is 0. The van der Waals surface area contributed by atoms with Crippen LogP contribution in [0.2, 0.25) is 0 Å². The fourth-order valence-electron chi connectivity index (χ4n) is 5.93. The van der Waals surface area contributed by atoms with Crippen molar-refractivity contribution >= 4 is 0 Å². The maximum atomic E-state index is 10.0. The van der Waals surface area contributed by atoms with E-state index < -0.39 is 0 Å². The van der Waals surface area contributed by atoms with Crippen LogP contribution in [0.4, 0.5) is 0 Å². The van der Waals surface area contributed by atoms with Crippen molar-refractivity contribution in [1.29, 1.82) is 0 Å². The normalized spacial score (nSPS) is 48.3. The Morgan fingerprint density at radius 2 is 1.95 bits per heavy atom. The van der Waals surface area contributed by atoms with Gasteiger partial charge in [-0.25, -0.2) is 0 Å². The quantitative estimate of drug-likeness (QED) is 0.703. The van der Waals surface area contributed by atoms with E-state index in [4.69, 9.17) is 0 Å². The summed E-state index contributed by atoms with van der Waals surface area (Å²) >= 11 is 0. The van der Waals surface area contributed by atoms with Crippen molar-refractivity contribution in [2.45, 2.75) is 64.9 Å². The topological polar surface area (TPSA) is 60.7 Å². The van der Waals surface area contributed by atoms with E-state index in [1.807, 2.05) is 0 Å². The van der Waals surface area contributed by atoms with Crippen LogP contribution in [-0.4, -0.2) is 34.6 Å². The predicted octanol–water partition coefficient (Wildman–Crippen LogP) is 2.89. The van der Waals surface area contributed by atoms with E-state index in [1.54, 1.807) is 0 Å². The molecule has 0 aromatic carbocycles. The first-order valence-corrected chi connectivity index (χ1v) is 9.04. The second kappa shape index (κ2) is 5.92. The minimum absolute atomic E-state index is 0.0419. The lowest BCUT2D eigenvalue weighted by molar-refractivity contribution is -0.0774. The Kier molecular flexibility index (Phi) is 4.43. The average Bonchev–Trinajstić information content (AvgIpc) is 2.51. The highest BCUT2D eigenvalue weighted by Gasteiger charge is 2.54. The lowest BCUT2D eigenvalue weighted by Crippen LogP contribution is -2.51. The van der Waals surface area contributed by atoms with Crippen LogP contribution >= 0.6 is 0 Å². The first kappa shape index (κ1) is 16.5. The van der Waals surface area contributed by atoms with Crippen LogP contribution in [0.1, 0.15) is 58.8 Å². The van der Waals surface area contributed by atoms with Gasteiger partial charge >= 0.3 is 0 Å². The van der Waals surface area contributed by atoms with E-state index in [9.17, 15) is 15.3 Å². The summed E-state index contributed by atoms with van der Waals surface area (Å²) in [4.78, 5) is 0. The molecule has 0 amide bonds. The molecular formula is C19H32O3. The van der Waals surface area contributed by atoms with E-state index in [-0.39, 0.29) is 30.1 Å². The maximum absolute atomic E-state index is 10.0. The van der Waals surface area contributed by atoms with E-state index in [1.165, 1.54) is 12.0 Å². The molecule has 6 atom stereocenters. The minimum Gasteiger partial charge on any atom is -0.396 e. The molecule has 0 spiro atoms. The summed E-state index contributed by atoms with van der Waals surface area (Å²) in [5.41, 5.74) is 1.66. The van der Waals surface area contributed by atoms with E-state index in [0.29, 0.717) is 17.8 Å². The van der Waals surface area contributed by atoms with Gasteiger partial charge in [0, 0.05) is 13.2 Å². The Labute approximate surface area is 134 Å². The second-order valence-corrected chi connectivity index (χ2v) is 8.52. The van der Waals surface area contributed by atoms with Gasteiger partial charge in [0.25, 0.3) is 0 Å². The molecule has 0 saturated heterocycles. The minimum atomic E-state index is -0.157.